The summed E-state index contributed by atoms with van der Waals surface area (Å²) in [6.45, 7) is 1.67. The summed E-state index contributed by atoms with van der Waals surface area (Å²) in [5.41, 5.74) is 3.33. The zero-order chi connectivity index (χ0) is 23.3. The average molecular weight is 465 g/mol. The summed E-state index contributed by atoms with van der Waals surface area (Å²) in [6.07, 6.45) is 2.98. The minimum atomic E-state index is -3.69. The molecule has 3 aromatic carbocycles. The number of ether oxygens (including phenoxy) is 1. The summed E-state index contributed by atoms with van der Waals surface area (Å²) in [4.78, 5) is 12.6. The first-order chi connectivity index (χ1) is 15.9. The van der Waals surface area contributed by atoms with Crippen molar-refractivity contribution in [3.63, 3.8) is 0 Å². The number of carbonyl (C=O) groups excluding carboxylic acids is 1. The van der Waals surface area contributed by atoms with Gasteiger partial charge in [0.05, 0.1) is 10.9 Å². The highest BCUT2D eigenvalue weighted by atomic mass is 32.2. The molecule has 2 N–H and O–H groups in total. The van der Waals surface area contributed by atoms with E-state index in [-0.39, 0.29) is 29.5 Å². The van der Waals surface area contributed by atoms with Gasteiger partial charge in [-0.05, 0) is 67.1 Å². The van der Waals surface area contributed by atoms with Gasteiger partial charge in [-0.15, -0.1) is 0 Å². The Morgan fingerprint density at radius 3 is 2.45 bits per heavy atom. The number of sulfonamides is 1. The van der Waals surface area contributed by atoms with Crippen LogP contribution in [0, 0.1) is 0 Å². The molecule has 0 fully saturated rings. The van der Waals surface area contributed by atoms with Crippen molar-refractivity contribution >= 4 is 15.9 Å². The number of aryl methyl sites for hydroxylation is 1. The van der Waals surface area contributed by atoms with Gasteiger partial charge < -0.3 is 10.1 Å². The van der Waals surface area contributed by atoms with Crippen LogP contribution in [0.25, 0.3) is 0 Å². The molecule has 1 aliphatic carbocycles. The van der Waals surface area contributed by atoms with E-state index in [0.717, 1.165) is 24.8 Å². The van der Waals surface area contributed by atoms with E-state index in [9.17, 15) is 13.2 Å². The van der Waals surface area contributed by atoms with Crippen LogP contribution in [0.15, 0.2) is 83.8 Å². The van der Waals surface area contributed by atoms with Gasteiger partial charge in [-0.25, -0.2) is 13.1 Å². The lowest BCUT2D eigenvalue weighted by Crippen LogP contribution is -2.34. The Bertz CT molecular complexity index is 1190. The summed E-state index contributed by atoms with van der Waals surface area (Å²) in [5.74, 6) is 0.232. The summed E-state index contributed by atoms with van der Waals surface area (Å²) in [7, 11) is -3.69. The molecular formula is C26H28N2O4S. The van der Waals surface area contributed by atoms with E-state index in [2.05, 4.69) is 22.2 Å². The van der Waals surface area contributed by atoms with Crippen molar-refractivity contribution in [3.8, 4) is 5.75 Å². The molecule has 3 aromatic rings. The molecule has 6 nitrogen and oxygen atoms in total. The molecule has 4 rings (SSSR count). The lowest BCUT2D eigenvalue weighted by molar-refractivity contribution is -0.124. The smallest absolute Gasteiger partial charge is 0.258 e. The van der Waals surface area contributed by atoms with Gasteiger partial charge in [0.1, 0.15) is 5.75 Å². The average Bonchev–Trinajstić information content (AvgIpc) is 2.83. The van der Waals surface area contributed by atoms with Crippen molar-refractivity contribution < 1.29 is 17.9 Å². The van der Waals surface area contributed by atoms with Crippen LogP contribution in [0.4, 0.5) is 0 Å². The molecule has 33 heavy (non-hydrogen) atoms. The van der Waals surface area contributed by atoms with Crippen molar-refractivity contribution in [1.82, 2.24) is 10.0 Å². The first-order valence-corrected chi connectivity index (χ1v) is 12.6. The van der Waals surface area contributed by atoms with E-state index >= 15 is 0 Å². The van der Waals surface area contributed by atoms with E-state index in [0.29, 0.717) is 5.75 Å². The molecule has 0 heterocycles. The van der Waals surface area contributed by atoms with Crippen molar-refractivity contribution in [3.05, 3.63) is 95.6 Å². The Kier molecular flexibility index (Phi) is 7.11. The van der Waals surface area contributed by atoms with Gasteiger partial charge in [0, 0.05) is 6.04 Å². The molecule has 1 aliphatic rings. The molecule has 7 heteroatoms. The molecule has 172 valence electrons. The number of nitrogens with one attached hydrogen (secondary N) is 2. The van der Waals surface area contributed by atoms with Crippen LogP contribution >= 0.6 is 0 Å². The van der Waals surface area contributed by atoms with Crippen LogP contribution in [-0.2, 0) is 21.2 Å². The fourth-order valence-electron chi connectivity index (χ4n) is 4.11. The minimum absolute atomic E-state index is 0.00347. The number of hydrogen-bond acceptors (Lipinski definition) is 4. The number of carbonyl (C=O) groups is 1. The fourth-order valence-corrected chi connectivity index (χ4v) is 5.35. The molecule has 0 saturated carbocycles. The largest absolute Gasteiger partial charge is 0.484 e. The highest BCUT2D eigenvalue weighted by Crippen LogP contribution is 2.29. The van der Waals surface area contributed by atoms with E-state index in [1.54, 1.807) is 19.1 Å². The van der Waals surface area contributed by atoms with Crippen LogP contribution in [0.1, 0.15) is 48.5 Å². The van der Waals surface area contributed by atoms with Gasteiger partial charge >= 0.3 is 0 Å². The van der Waals surface area contributed by atoms with E-state index in [4.69, 9.17) is 4.74 Å². The third-order valence-corrected chi connectivity index (χ3v) is 7.40. The second-order valence-corrected chi connectivity index (χ2v) is 9.94. The summed E-state index contributed by atoms with van der Waals surface area (Å²) in [6, 6.07) is 23.3. The number of amides is 1. The van der Waals surface area contributed by atoms with Crippen molar-refractivity contribution in [2.45, 2.75) is 43.2 Å². The number of rotatable bonds is 8. The van der Waals surface area contributed by atoms with Gasteiger partial charge in [-0.1, -0.05) is 54.6 Å². The zero-order valence-electron chi connectivity index (χ0n) is 18.5. The van der Waals surface area contributed by atoms with Crippen LogP contribution in [0.3, 0.4) is 0 Å². The maximum Gasteiger partial charge on any atom is 0.258 e. The van der Waals surface area contributed by atoms with E-state index < -0.39 is 10.0 Å². The van der Waals surface area contributed by atoms with Gasteiger partial charge in [-0.2, -0.15) is 0 Å². The third-order valence-electron chi connectivity index (χ3n) is 5.84. The topological polar surface area (TPSA) is 84.5 Å². The molecule has 0 aromatic heterocycles. The fraction of sp³-hybridized carbons (Fsp3) is 0.269. The molecule has 1 amide bonds. The van der Waals surface area contributed by atoms with Gasteiger partial charge in [-0.3, -0.25) is 4.79 Å². The Labute approximate surface area is 195 Å². The quantitative estimate of drug-likeness (QED) is 0.521. The first kappa shape index (κ1) is 23.0. The number of hydrogen-bond donors (Lipinski definition) is 2. The maximum atomic E-state index is 12.7. The minimum Gasteiger partial charge on any atom is -0.484 e. The van der Waals surface area contributed by atoms with Crippen molar-refractivity contribution in [2.24, 2.45) is 0 Å². The van der Waals surface area contributed by atoms with Crippen LogP contribution in [0.5, 0.6) is 5.75 Å². The maximum absolute atomic E-state index is 12.7. The highest BCUT2D eigenvalue weighted by Gasteiger charge is 2.22. The zero-order valence-corrected chi connectivity index (χ0v) is 19.3. The lowest BCUT2D eigenvalue weighted by atomic mass is 9.88. The van der Waals surface area contributed by atoms with Crippen LogP contribution in [0.2, 0.25) is 0 Å². The monoisotopic (exact) mass is 464 g/mol. The van der Waals surface area contributed by atoms with Gasteiger partial charge in [0.25, 0.3) is 5.91 Å². The molecule has 0 unspecified atom stereocenters. The standard InChI is InChI=1S/C26H28N2O4S/c1-19(20-8-3-2-4-9-20)28-33(30,31)23-16-14-22(15-17-23)32-18-26(29)27-25-13-7-11-21-10-5-6-12-24(21)25/h2-6,8-10,12,14-17,19,25,28H,7,11,13,18H2,1H3,(H,27,29)/t19-,25+/m1/s1. The molecule has 0 spiro atoms. The van der Waals surface area contributed by atoms with Gasteiger partial charge in [0.2, 0.25) is 10.0 Å². The van der Waals surface area contributed by atoms with Crippen LogP contribution in [-0.4, -0.2) is 20.9 Å². The second kappa shape index (κ2) is 10.2. The molecule has 0 bridgehead atoms. The normalized spacial score (nSPS) is 16.5. The third kappa shape index (κ3) is 5.80. The number of benzene rings is 3. The Hall–Kier alpha value is -3.16. The molecule has 0 radical (unpaired) electrons. The Morgan fingerprint density at radius 1 is 1.00 bits per heavy atom. The highest BCUT2D eigenvalue weighted by molar-refractivity contribution is 7.89. The van der Waals surface area contributed by atoms with E-state index in [1.807, 2.05) is 42.5 Å². The molecule has 0 saturated heterocycles. The van der Waals surface area contributed by atoms with Crippen molar-refractivity contribution in [2.75, 3.05) is 6.61 Å². The molecular weight excluding hydrogens is 436 g/mol. The van der Waals surface area contributed by atoms with E-state index in [1.165, 1.54) is 23.3 Å². The second-order valence-electron chi connectivity index (χ2n) is 8.22. The number of fused-ring (bicyclic) bond motifs is 1. The Morgan fingerprint density at radius 2 is 1.70 bits per heavy atom. The van der Waals surface area contributed by atoms with Gasteiger partial charge in [0.15, 0.2) is 6.61 Å². The van der Waals surface area contributed by atoms with Crippen LogP contribution < -0.4 is 14.8 Å². The van der Waals surface area contributed by atoms with Crippen molar-refractivity contribution in [1.29, 1.82) is 0 Å². The Balaban J connectivity index is 1.32. The summed E-state index contributed by atoms with van der Waals surface area (Å²) in [5, 5.41) is 3.05. The summed E-state index contributed by atoms with van der Waals surface area (Å²) < 4.78 is 33.7. The SMILES string of the molecule is C[C@@H](NS(=O)(=O)c1ccc(OCC(=O)N[C@H]2CCCc3ccccc32)cc1)c1ccccc1. The first-order valence-electron chi connectivity index (χ1n) is 11.1. The molecule has 2 atom stereocenters. The lowest BCUT2D eigenvalue weighted by Gasteiger charge is -2.26. The predicted molar refractivity (Wildman–Crippen MR) is 127 cm³/mol. The summed E-state index contributed by atoms with van der Waals surface area (Å²) >= 11 is 0. The molecule has 0 aliphatic heterocycles. The predicted octanol–water partition coefficient (Wildman–Crippen LogP) is 4.30.